The highest BCUT2D eigenvalue weighted by Gasteiger charge is 2.37. The molecule has 128 valence electrons. The first kappa shape index (κ1) is 16.8. The molecular weight excluding hydrogens is 330 g/mol. The van der Waals surface area contributed by atoms with E-state index < -0.39 is 10.0 Å². The van der Waals surface area contributed by atoms with E-state index in [9.17, 15) is 13.2 Å². The zero-order chi connectivity index (χ0) is 17.3. The molecule has 0 aliphatic carbocycles. The summed E-state index contributed by atoms with van der Waals surface area (Å²) in [6, 6.07) is 6.94. The van der Waals surface area contributed by atoms with Crippen LogP contribution >= 0.6 is 0 Å². The van der Waals surface area contributed by atoms with Crippen molar-refractivity contribution < 1.29 is 17.9 Å². The Hall–Kier alpha value is -2.03. The Bertz CT molecular complexity index is 882. The van der Waals surface area contributed by atoms with Gasteiger partial charge in [-0.15, -0.1) is 0 Å². The smallest absolute Gasteiger partial charge is 0.247 e. The predicted octanol–water partition coefficient (Wildman–Crippen LogP) is 0.980. The highest BCUT2D eigenvalue weighted by atomic mass is 32.2. The molecule has 0 bridgehead atoms. The monoisotopic (exact) mass is 349 g/mol. The van der Waals surface area contributed by atoms with Crippen LogP contribution in [0.25, 0.3) is 10.9 Å². The van der Waals surface area contributed by atoms with Crippen molar-refractivity contribution in [2.24, 2.45) is 0 Å². The first-order valence-corrected chi connectivity index (χ1v) is 9.00. The number of aromatic nitrogens is 1. The second-order valence-electron chi connectivity index (χ2n) is 5.75. The Balaban J connectivity index is 1.96. The molecule has 2 heterocycles. The molecular formula is C16H19N3O4S. The lowest BCUT2D eigenvalue weighted by atomic mass is 10.2. The fourth-order valence-corrected chi connectivity index (χ4v) is 4.23. The molecule has 1 aromatic carbocycles. The quantitative estimate of drug-likeness (QED) is 0.804. The lowest BCUT2D eigenvalue weighted by Gasteiger charge is -2.18. The summed E-state index contributed by atoms with van der Waals surface area (Å²) in [4.78, 5) is 17.9. The van der Waals surface area contributed by atoms with Crippen molar-refractivity contribution in [2.45, 2.75) is 11.8 Å². The minimum Gasteiger partial charge on any atom is -0.383 e. The van der Waals surface area contributed by atoms with Crippen molar-refractivity contribution in [3.05, 3.63) is 36.0 Å². The van der Waals surface area contributed by atoms with Crippen molar-refractivity contribution >= 4 is 26.8 Å². The van der Waals surface area contributed by atoms with E-state index in [1.165, 1.54) is 15.3 Å². The average Bonchev–Trinajstić information content (AvgIpc) is 2.93. The van der Waals surface area contributed by atoms with Gasteiger partial charge in [-0.1, -0.05) is 12.1 Å². The number of carbonyl (C=O) groups excluding carboxylic acids is 1. The van der Waals surface area contributed by atoms with Crippen molar-refractivity contribution in [3.63, 3.8) is 0 Å². The molecule has 1 amide bonds. The second kappa shape index (κ2) is 6.46. The van der Waals surface area contributed by atoms with Crippen LogP contribution in [0.5, 0.6) is 0 Å². The van der Waals surface area contributed by atoms with Gasteiger partial charge in [-0.3, -0.25) is 9.78 Å². The number of ether oxygens (including phenoxy) is 1. The Kier molecular flexibility index (Phi) is 4.53. The van der Waals surface area contributed by atoms with E-state index in [0.717, 1.165) is 10.9 Å². The Labute approximate surface area is 140 Å². The third-order valence-corrected chi connectivity index (χ3v) is 5.80. The number of methoxy groups -OCH3 is 1. The maximum Gasteiger partial charge on any atom is 0.247 e. The predicted molar refractivity (Wildman–Crippen MR) is 88.8 cm³/mol. The molecule has 1 aliphatic heterocycles. The number of amides is 1. The molecule has 8 heteroatoms. The third kappa shape index (κ3) is 3.00. The standard InChI is InChI=1S/C16H19N3O4S/c1-12-8-13-4-3-5-14(16(13)17-9-12)24(21,22)19-10-15(20)18(11-19)6-7-23-2/h3-5,8-9H,6-7,10-11H2,1-2H3. The Morgan fingerprint density at radius 3 is 2.88 bits per heavy atom. The largest absolute Gasteiger partial charge is 0.383 e. The number of para-hydroxylation sites is 1. The number of carbonyl (C=O) groups is 1. The number of hydrogen-bond acceptors (Lipinski definition) is 5. The Morgan fingerprint density at radius 2 is 2.12 bits per heavy atom. The molecule has 1 aliphatic rings. The summed E-state index contributed by atoms with van der Waals surface area (Å²) in [5.41, 5.74) is 1.38. The summed E-state index contributed by atoms with van der Waals surface area (Å²) in [5, 5.41) is 0.762. The van der Waals surface area contributed by atoms with E-state index in [2.05, 4.69) is 4.98 Å². The molecule has 1 saturated heterocycles. The fourth-order valence-electron chi connectivity index (χ4n) is 2.72. The van der Waals surface area contributed by atoms with Gasteiger partial charge in [0, 0.05) is 25.2 Å². The number of benzene rings is 1. The van der Waals surface area contributed by atoms with Gasteiger partial charge in [-0.05, 0) is 24.6 Å². The molecule has 0 atom stereocenters. The van der Waals surface area contributed by atoms with Crippen LogP contribution in [0.3, 0.4) is 0 Å². The maximum atomic E-state index is 13.0. The van der Waals surface area contributed by atoms with Gasteiger partial charge < -0.3 is 9.64 Å². The molecule has 0 unspecified atom stereocenters. The summed E-state index contributed by atoms with van der Waals surface area (Å²) in [7, 11) is -2.26. The maximum absolute atomic E-state index is 13.0. The van der Waals surface area contributed by atoms with Crippen LogP contribution in [0.15, 0.2) is 35.4 Å². The van der Waals surface area contributed by atoms with E-state index in [-0.39, 0.29) is 24.0 Å². The van der Waals surface area contributed by atoms with Crippen LogP contribution in [-0.2, 0) is 19.6 Å². The first-order chi connectivity index (χ1) is 11.4. The fraction of sp³-hybridized carbons (Fsp3) is 0.375. The molecule has 0 radical (unpaired) electrons. The summed E-state index contributed by atoms with van der Waals surface area (Å²) < 4.78 is 32.1. The SMILES string of the molecule is COCCN1CN(S(=O)(=O)c2cccc3cc(C)cnc23)CC1=O. The van der Waals surface area contributed by atoms with Crippen molar-refractivity contribution in [1.29, 1.82) is 0 Å². The molecule has 1 fully saturated rings. The highest BCUT2D eigenvalue weighted by Crippen LogP contribution is 2.26. The van der Waals surface area contributed by atoms with Crippen molar-refractivity contribution in [2.75, 3.05) is 33.5 Å². The number of sulfonamides is 1. The van der Waals surface area contributed by atoms with Crippen LogP contribution in [0, 0.1) is 6.92 Å². The summed E-state index contributed by atoms with van der Waals surface area (Å²) in [6.07, 6.45) is 1.64. The summed E-state index contributed by atoms with van der Waals surface area (Å²) >= 11 is 0. The number of rotatable bonds is 5. The van der Waals surface area contributed by atoms with E-state index >= 15 is 0 Å². The average molecular weight is 349 g/mol. The van der Waals surface area contributed by atoms with Gasteiger partial charge in [0.15, 0.2) is 0 Å². The van der Waals surface area contributed by atoms with E-state index in [1.807, 2.05) is 19.1 Å². The zero-order valence-corrected chi connectivity index (χ0v) is 14.4. The molecule has 0 N–H and O–H groups in total. The van der Waals surface area contributed by atoms with Crippen LogP contribution < -0.4 is 0 Å². The highest BCUT2D eigenvalue weighted by molar-refractivity contribution is 7.89. The molecule has 0 saturated carbocycles. The molecule has 1 aromatic heterocycles. The lowest BCUT2D eigenvalue weighted by Crippen LogP contribution is -2.33. The van der Waals surface area contributed by atoms with Crippen LogP contribution in [0.1, 0.15) is 5.56 Å². The zero-order valence-electron chi connectivity index (χ0n) is 13.6. The van der Waals surface area contributed by atoms with Gasteiger partial charge in [-0.2, -0.15) is 4.31 Å². The number of nitrogens with zero attached hydrogens (tertiary/aromatic N) is 3. The summed E-state index contributed by atoms with van der Waals surface area (Å²) in [5.74, 6) is -0.223. The van der Waals surface area contributed by atoms with Gasteiger partial charge >= 0.3 is 0 Å². The van der Waals surface area contributed by atoms with Crippen molar-refractivity contribution in [1.82, 2.24) is 14.2 Å². The third-order valence-electron chi connectivity index (χ3n) is 3.99. The van der Waals surface area contributed by atoms with Gasteiger partial charge in [0.1, 0.15) is 4.90 Å². The van der Waals surface area contributed by atoms with Crippen molar-refractivity contribution in [3.8, 4) is 0 Å². The van der Waals surface area contributed by atoms with Gasteiger partial charge in [0.25, 0.3) is 0 Å². The number of pyridine rings is 1. The molecule has 24 heavy (non-hydrogen) atoms. The second-order valence-corrected chi connectivity index (χ2v) is 7.65. The van der Waals surface area contributed by atoms with Crippen LogP contribution in [0.2, 0.25) is 0 Å². The van der Waals surface area contributed by atoms with Crippen LogP contribution in [0.4, 0.5) is 0 Å². The van der Waals surface area contributed by atoms with E-state index in [1.54, 1.807) is 19.4 Å². The minimum atomic E-state index is -3.80. The molecule has 7 nitrogen and oxygen atoms in total. The lowest BCUT2D eigenvalue weighted by molar-refractivity contribution is -0.127. The normalized spacial score (nSPS) is 16.2. The van der Waals surface area contributed by atoms with Gasteiger partial charge in [0.05, 0.1) is 25.3 Å². The van der Waals surface area contributed by atoms with Crippen LogP contribution in [-0.4, -0.2) is 62.0 Å². The topological polar surface area (TPSA) is 79.8 Å². The van der Waals surface area contributed by atoms with E-state index in [4.69, 9.17) is 4.74 Å². The number of hydrogen-bond donors (Lipinski definition) is 0. The number of aryl methyl sites for hydroxylation is 1. The summed E-state index contributed by atoms with van der Waals surface area (Å²) in [6.45, 7) is 2.52. The van der Waals surface area contributed by atoms with Gasteiger partial charge in [0.2, 0.25) is 15.9 Å². The van der Waals surface area contributed by atoms with E-state index in [0.29, 0.717) is 18.7 Å². The molecule has 0 spiro atoms. The molecule has 2 aromatic rings. The minimum absolute atomic E-state index is 0.0345. The van der Waals surface area contributed by atoms with Gasteiger partial charge in [-0.25, -0.2) is 8.42 Å². The molecule has 3 rings (SSSR count). The Morgan fingerprint density at radius 1 is 1.33 bits per heavy atom. The number of fused-ring (bicyclic) bond motifs is 1. The first-order valence-electron chi connectivity index (χ1n) is 7.55.